The third kappa shape index (κ3) is 7.27. The molecule has 3 aliphatic heterocycles. The van der Waals surface area contributed by atoms with Gasteiger partial charge in [0.25, 0.3) is 6.71 Å². The highest BCUT2D eigenvalue weighted by Gasteiger charge is 2.58. The quantitative estimate of drug-likeness (QED) is 0.140. The molecule has 0 amide bonds. The Kier molecular flexibility index (Phi) is 10.8. The van der Waals surface area contributed by atoms with Gasteiger partial charge in [-0.3, -0.25) is 0 Å². The standard InChI is InChI=1S/C74H58BN3/c1-73-43-18-19-44-74(73,2)78(67-41-36-58(46-64(67)73)53-25-12-5-13-26-53)63-49-70-72-71(50-63)77(62-32-20-31-57(45-62)52-23-10-4-11-24-52)69-48-60(55-29-16-7-17-30-55)35-40-65(69)75(72)66-47-59(54-27-14-6-15-28-54)37-42-68(66)76(70)61-38-33-56(34-39-61)51-21-8-3-9-22-51/h3-17,20-42,45-50H,18-19,43-44H2,1-2H3. The zero-order valence-corrected chi connectivity index (χ0v) is 44.2. The van der Waals surface area contributed by atoms with Crippen molar-refractivity contribution in [3.05, 3.63) is 272 Å². The largest absolute Gasteiger partial charge is 0.334 e. The van der Waals surface area contributed by atoms with Crippen molar-refractivity contribution in [3.8, 4) is 55.6 Å². The molecule has 0 radical (unpaired) electrons. The summed E-state index contributed by atoms with van der Waals surface area (Å²) < 4.78 is 0. The predicted molar refractivity (Wildman–Crippen MR) is 330 cm³/mol. The second kappa shape index (κ2) is 18.3. The number of anilines is 8. The Labute approximate surface area is 459 Å². The van der Waals surface area contributed by atoms with E-state index >= 15 is 0 Å². The zero-order valence-electron chi connectivity index (χ0n) is 44.2. The lowest BCUT2D eigenvalue weighted by molar-refractivity contribution is 0.195. The first-order chi connectivity index (χ1) is 38.4. The van der Waals surface area contributed by atoms with E-state index in [-0.39, 0.29) is 17.7 Å². The van der Waals surface area contributed by atoms with Crippen LogP contribution in [-0.4, -0.2) is 12.3 Å². The van der Waals surface area contributed by atoms with Gasteiger partial charge in [-0.25, -0.2) is 0 Å². The van der Waals surface area contributed by atoms with E-state index in [1.807, 2.05) is 0 Å². The van der Waals surface area contributed by atoms with Gasteiger partial charge in [0.1, 0.15) is 0 Å². The molecule has 3 nitrogen and oxygen atoms in total. The van der Waals surface area contributed by atoms with Gasteiger partial charge >= 0.3 is 0 Å². The van der Waals surface area contributed by atoms with Crippen molar-refractivity contribution in [2.24, 2.45) is 0 Å². The van der Waals surface area contributed by atoms with Crippen LogP contribution in [0.1, 0.15) is 45.1 Å². The number of benzene rings is 11. The molecule has 11 aromatic rings. The van der Waals surface area contributed by atoms with E-state index in [2.05, 4.69) is 295 Å². The normalized spacial score (nSPS) is 17.7. The smallest absolute Gasteiger partial charge is 0.252 e. The first-order valence-corrected chi connectivity index (χ1v) is 27.9. The maximum atomic E-state index is 2.79. The Hall–Kier alpha value is -9.12. The molecule has 2 atom stereocenters. The molecule has 78 heavy (non-hydrogen) atoms. The molecule has 0 spiro atoms. The number of nitrogens with zero attached hydrogens (tertiary/aromatic N) is 3. The van der Waals surface area contributed by atoms with Crippen molar-refractivity contribution < 1.29 is 0 Å². The first kappa shape index (κ1) is 46.2. The van der Waals surface area contributed by atoms with E-state index in [1.165, 1.54) is 125 Å². The molecule has 0 saturated heterocycles. The molecule has 3 heterocycles. The Balaban J connectivity index is 1.04. The summed E-state index contributed by atoms with van der Waals surface area (Å²) in [5.41, 5.74) is 26.8. The van der Waals surface area contributed by atoms with Crippen LogP contribution in [0.25, 0.3) is 55.6 Å². The van der Waals surface area contributed by atoms with Crippen LogP contribution in [0, 0.1) is 0 Å². The lowest BCUT2D eigenvalue weighted by Crippen LogP contribution is -2.61. The molecule has 0 aromatic heterocycles. The Bertz CT molecular complexity index is 4070. The molecule has 1 fully saturated rings. The van der Waals surface area contributed by atoms with Crippen LogP contribution in [0.3, 0.4) is 0 Å². The molecular weight excluding hydrogens is 942 g/mol. The summed E-state index contributed by atoms with van der Waals surface area (Å²) in [6.07, 6.45) is 4.63. The van der Waals surface area contributed by atoms with Gasteiger partial charge in [0, 0.05) is 50.9 Å². The summed E-state index contributed by atoms with van der Waals surface area (Å²) in [6.45, 7) is 5.07. The van der Waals surface area contributed by atoms with E-state index in [1.54, 1.807) is 0 Å². The van der Waals surface area contributed by atoms with Crippen LogP contribution in [0.2, 0.25) is 0 Å². The Morgan fingerprint density at radius 3 is 1.35 bits per heavy atom. The van der Waals surface area contributed by atoms with Gasteiger partial charge < -0.3 is 14.7 Å². The fourth-order valence-corrected chi connectivity index (χ4v) is 14.1. The van der Waals surface area contributed by atoms with E-state index in [4.69, 9.17) is 0 Å². The van der Waals surface area contributed by atoms with Gasteiger partial charge in [0.15, 0.2) is 0 Å². The van der Waals surface area contributed by atoms with Crippen molar-refractivity contribution in [1.29, 1.82) is 0 Å². The number of fused-ring (bicyclic) bond motifs is 7. The molecule has 4 aliphatic rings. The fraction of sp³-hybridized carbons (Fsp3) is 0.108. The minimum Gasteiger partial charge on any atom is -0.334 e. The summed E-state index contributed by atoms with van der Waals surface area (Å²) in [4.78, 5) is 8.01. The van der Waals surface area contributed by atoms with E-state index in [9.17, 15) is 0 Å². The monoisotopic (exact) mass is 999 g/mol. The van der Waals surface area contributed by atoms with Crippen LogP contribution in [-0.2, 0) is 5.41 Å². The minimum atomic E-state index is -0.201. The first-order valence-electron chi connectivity index (χ1n) is 27.9. The van der Waals surface area contributed by atoms with Crippen LogP contribution in [0.5, 0.6) is 0 Å². The average Bonchev–Trinajstić information content (AvgIpc) is 3.52. The SMILES string of the molecule is CC12CCCCC1(C)N(c1cc3c4c(c1)N(c1cccc(-c5ccccc5)c1)c1cc(-c5ccccc5)ccc1B4c1cc(-c4ccccc4)ccc1N3c1ccc(-c3ccccc3)cc1)c1ccc(-c3ccccc3)cc12. The van der Waals surface area contributed by atoms with Gasteiger partial charge in [0.2, 0.25) is 0 Å². The average molecular weight is 1000 g/mol. The highest BCUT2D eigenvalue weighted by molar-refractivity contribution is 7.00. The van der Waals surface area contributed by atoms with Crippen molar-refractivity contribution in [2.45, 2.75) is 50.5 Å². The number of hydrogen-bond acceptors (Lipinski definition) is 3. The second-order valence-electron chi connectivity index (χ2n) is 22.4. The van der Waals surface area contributed by atoms with Crippen LogP contribution in [0.15, 0.2) is 267 Å². The molecular formula is C74H58BN3. The molecule has 372 valence electrons. The molecule has 4 heteroatoms. The number of rotatable bonds is 8. The lowest BCUT2D eigenvalue weighted by atomic mass is 9.33. The van der Waals surface area contributed by atoms with Crippen molar-refractivity contribution >= 4 is 68.6 Å². The maximum Gasteiger partial charge on any atom is 0.252 e. The molecule has 0 bridgehead atoms. The van der Waals surface area contributed by atoms with Gasteiger partial charge in [0.05, 0.1) is 5.54 Å². The van der Waals surface area contributed by atoms with Crippen molar-refractivity contribution in [2.75, 3.05) is 14.7 Å². The van der Waals surface area contributed by atoms with Gasteiger partial charge in [-0.1, -0.05) is 226 Å². The molecule has 0 N–H and O–H groups in total. The third-order valence-electron chi connectivity index (χ3n) is 18.2. The van der Waals surface area contributed by atoms with Crippen molar-refractivity contribution in [3.63, 3.8) is 0 Å². The Morgan fingerprint density at radius 2 is 0.756 bits per heavy atom. The highest BCUT2D eigenvalue weighted by atomic mass is 15.3. The fourth-order valence-electron chi connectivity index (χ4n) is 14.1. The third-order valence-corrected chi connectivity index (χ3v) is 18.2. The van der Waals surface area contributed by atoms with Crippen LogP contribution in [0.4, 0.5) is 45.5 Å². The van der Waals surface area contributed by atoms with Crippen LogP contribution < -0.4 is 31.1 Å². The lowest BCUT2D eigenvalue weighted by Gasteiger charge is -2.51. The van der Waals surface area contributed by atoms with Crippen LogP contribution >= 0.6 is 0 Å². The van der Waals surface area contributed by atoms with Gasteiger partial charge in [-0.2, -0.15) is 0 Å². The minimum absolute atomic E-state index is 0.0780. The zero-order chi connectivity index (χ0) is 52.0. The molecule has 15 rings (SSSR count). The topological polar surface area (TPSA) is 9.72 Å². The Morgan fingerprint density at radius 1 is 0.308 bits per heavy atom. The molecule has 1 aliphatic carbocycles. The highest BCUT2D eigenvalue weighted by Crippen LogP contribution is 2.62. The summed E-state index contributed by atoms with van der Waals surface area (Å²) in [6, 6.07) is 100.0. The molecule has 1 saturated carbocycles. The van der Waals surface area contributed by atoms with Gasteiger partial charge in [-0.05, 0) is 158 Å². The summed E-state index contributed by atoms with van der Waals surface area (Å²) in [7, 11) is 0. The summed E-state index contributed by atoms with van der Waals surface area (Å²) >= 11 is 0. The van der Waals surface area contributed by atoms with Crippen molar-refractivity contribution in [1.82, 2.24) is 0 Å². The van der Waals surface area contributed by atoms with Gasteiger partial charge in [-0.15, -0.1) is 0 Å². The van der Waals surface area contributed by atoms with E-state index < -0.39 is 0 Å². The van der Waals surface area contributed by atoms with E-state index in [0.717, 1.165) is 24.2 Å². The predicted octanol–water partition coefficient (Wildman–Crippen LogP) is 17.8. The number of hydrogen-bond donors (Lipinski definition) is 0. The second-order valence-corrected chi connectivity index (χ2v) is 22.4. The molecule has 11 aromatic carbocycles. The summed E-state index contributed by atoms with van der Waals surface area (Å²) in [5, 5.41) is 0. The maximum absolute atomic E-state index is 2.79. The molecule has 2 unspecified atom stereocenters. The van der Waals surface area contributed by atoms with E-state index in [0.29, 0.717) is 0 Å². The summed E-state index contributed by atoms with van der Waals surface area (Å²) in [5.74, 6) is 0.